The summed E-state index contributed by atoms with van der Waals surface area (Å²) in [6.45, 7) is 0.884. The number of nitriles is 1. The van der Waals surface area contributed by atoms with E-state index in [2.05, 4.69) is 5.32 Å². The summed E-state index contributed by atoms with van der Waals surface area (Å²) in [5, 5.41) is 11.7. The minimum Gasteiger partial charge on any atom is -0.309 e. The van der Waals surface area contributed by atoms with Gasteiger partial charge in [-0.25, -0.2) is 8.78 Å². The first-order chi connectivity index (χ1) is 9.19. The van der Waals surface area contributed by atoms with Crippen LogP contribution in [0.1, 0.15) is 16.7 Å². The fourth-order valence-corrected chi connectivity index (χ4v) is 1.70. The highest BCUT2D eigenvalue weighted by molar-refractivity contribution is 5.32. The average molecular weight is 258 g/mol. The van der Waals surface area contributed by atoms with Crippen molar-refractivity contribution in [1.29, 1.82) is 5.26 Å². The molecule has 0 fully saturated rings. The van der Waals surface area contributed by atoms with Crippen molar-refractivity contribution in [3.8, 4) is 6.07 Å². The van der Waals surface area contributed by atoms with E-state index in [1.807, 2.05) is 6.07 Å². The second-order valence-electron chi connectivity index (χ2n) is 4.15. The molecule has 0 radical (unpaired) electrons. The van der Waals surface area contributed by atoms with Gasteiger partial charge in [0.1, 0.15) is 11.6 Å². The Hall–Kier alpha value is -2.25. The van der Waals surface area contributed by atoms with Gasteiger partial charge in [0.25, 0.3) is 0 Å². The van der Waals surface area contributed by atoms with Crippen LogP contribution in [0.5, 0.6) is 0 Å². The molecule has 96 valence electrons. The lowest BCUT2D eigenvalue weighted by Gasteiger charge is -2.06. The zero-order chi connectivity index (χ0) is 13.7. The maximum absolute atomic E-state index is 13.6. The Morgan fingerprint density at radius 1 is 1.00 bits per heavy atom. The normalized spacial score (nSPS) is 10.2. The van der Waals surface area contributed by atoms with Crippen LogP contribution in [0.4, 0.5) is 8.78 Å². The van der Waals surface area contributed by atoms with Crippen molar-refractivity contribution in [3.63, 3.8) is 0 Å². The van der Waals surface area contributed by atoms with Crippen molar-refractivity contribution in [2.45, 2.75) is 13.1 Å². The van der Waals surface area contributed by atoms with Gasteiger partial charge in [0.05, 0.1) is 11.6 Å². The van der Waals surface area contributed by atoms with E-state index in [1.165, 1.54) is 18.2 Å². The standard InChI is InChI=1S/C15H12F2N2/c16-14-5-2-11(3-6-14)9-19-10-13-4-1-12(8-18)7-15(13)17/h1-7,19H,9-10H2. The third-order valence-electron chi connectivity index (χ3n) is 2.74. The van der Waals surface area contributed by atoms with Crippen molar-refractivity contribution in [2.24, 2.45) is 0 Å². The first-order valence-corrected chi connectivity index (χ1v) is 5.83. The van der Waals surface area contributed by atoms with Crippen molar-refractivity contribution >= 4 is 0 Å². The number of hydrogen-bond acceptors (Lipinski definition) is 2. The largest absolute Gasteiger partial charge is 0.309 e. The summed E-state index contributed by atoms with van der Waals surface area (Å²) in [5.74, 6) is -0.674. The van der Waals surface area contributed by atoms with E-state index in [0.717, 1.165) is 5.56 Å². The molecule has 2 nitrogen and oxygen atoms in total. The Kier molecular flexibility index (Phi) is 4.22. The molecule has 2 aromatic carbocycles. The maximum Gasteiger partial charge on any atom is 0.129 e. The molecule has 0 aliphatic carbocycles. The van der Waals surface area contributed by atoms with Crippen molar-refractivity contribution in [3.05, 3.63) is 70.8 Å². The van der Waals surface area contributed by atoms with Gasteiger partial charge in [-0.05, 0) is 29.8 Å². The van der Waals surface area contributed by atoms with Crippen LogP contribution in [0.25, 0.3) is 0 Å². The summed E-state index contributed by atoms with van der Waals surface area (Å²) in [4.78, 5) is 0. The van der Waals surface area contributed by atoms with Gasteiger partial charge in [0.2, 0.25) is 0 Å². The number of rotatable bonds is 4. The van der Waals surface area contributed by atoms with Gasteiger partial charge < -0.3 is 5.32 Å². The van der Waals surface area contributed by atoms with Crippen LogP contribution in [-0.2, 0) is 13.1 Å². The van der Waals surface area contributed by atoms with E-state index in [0.29, 0.717) is 24.2 Å². The van der Waals surface area contributed by atoms with Crippen LogP contribution >= 0.6 is 0 Å². The number of nitrogens with one attached hydrogen (secondary N) is 1. The smallest absolute Gasteiger partial charge is 0.129 e. The van der Waals surface area contributed by atoms with Gasteiger partial charge in [-0.3, -0.25) is 0 Å². The first-order valence-electron chi connectivity index (χ1n) is 5.83. The highest BCUT2D eigenvalue weighted by Crippen LogP contribution is 2.10. The minimum atomic E-state index is -0.398. The Morgan fingerprint density at radius 2 is 1.74 bits per heavy atom. The topological polar surface area (TPSA) is 35.8 Å². The molecule has 1 N–H and O–H groups in total. The van der Waals surface area contributed by atoms with Crippen molar-refractivity contribution in [1.82, 2.24) is 5.32 Å². The third-order valence-corrected chi connectivity index (χ3v) is 2.74. The van der Waals surface area contributed by atoms with Crippen LogP contribution in [0.2, 0.25) is 0 Å². The molecule has 0 saturated carbocycles. The van der Waals surface area contributed by atoms with E-state index in [4.69, 9.17) is 5.26 Å². The van der Waals surface area contributed by atoms with Gasteiger partial charge in [0.15, 0.2) is 0 Å². The van der Waals surface area contributed by atoms with E-state index in [1.54, 1.807) is 24.3 Å². The van der Waals surface area contributed by atoms with Gasteiger partial charge in [-0.15, -0.1) is 0 Å². The van der Waals surface area contributed by atoms with Gasteiger partial charge >= 0.3 is 0 Å². The van der Waals surface area contributed by atoms with Crippen LogP contribution in [0.15, 0.2) is 42.5 Å². The Labute approximate surface area is 110 Å². The molecular weight excluding hydrogens is 246 g/mol. The molecule has 0 amide bonds. The molecule has 0 atom stereocenters. The summed E-state index contributed by atoms with van der Waals surface area (Å²) in [6.07, 6.45) is 0. The second-order valence-corrected chi connectivity index (χ2v) is 4.15. The summed E-state index contributed by atoms with van der Waals surface area (Å²) in [7, 11) is 0. The van der Waals surface area contributed by atoms with Gasteiger partial charge in [-0.1, -0.05) is 18.2 Å². The predicted molar refractivity (Wildman–Crippen MR) is 68.1 cm³/mol. The molecule has 0 aliphatic heterocycles. The number of hydrogen-bond donors (Lipinski definition) is 1. The molecular formula is C15H12F2N2. The van der Waals surface area contributed by atoms with Crippen molar-refractivity contribution in [2.75, 3.05) is 0 Å². The fourth-order valence-electron chi connectivity index (χ4n) is 1.70. The molecule has 0 heterocycles. The van der Waals surface area contributed by atoms with E-state index in [9.17, 15) is 8.78 Å². The Bertz CT molecular complexity index is 601. The zero-order valence-corrected chi connectivity index (χ0v) is 10.2. The highest BCUT2D eigenvalue weighted by Gasteiger charge is 2.03. The lowest BCUT2D eigenvalue weighted by molar-refractivity contribution is 0.587. The molecule has 0 bridgehead atoms. The number of nitrogens with zero attached hydrogens (tertiary/aromatic N) is 1. The van der Waals surface area contributed by atoms with Gasteiger partial charge in [0, 0.05) is 18.7 Å². The van der Waals surface area contributed by atoms with Gasteiger partial charge in [-0.2, -0.15) is 5.26 Å². The summed E-state index contributed by atoms with van der Waals surface area (Å²) < 4.78 is 26.3. The zero-order valence-electron chi connectivity index (χ0n) is 10.2. The SMILES string of the molecule is N#Cc1ccc(CNCc2ccc(F)cc2)c(F)c1. The van der Waals surface area contributed by atoms with Crippen LogP contribution in [-0.4, -0.2) is 0 Å². The quantitative estimate of drug-likeness (QED) is 0.914. The molecule has 4 heteroatoms. The predicted octanol–water partition coefficient (Wildman–Crippen LogP) is 3.13. The Morgan fingerprint density at radius 3 is 2.37 bits per heavy atom. The minimum absolute atomic E-state index is 0.276. The molecule has 2 rings (SSSR count). The molecule has 2 aromatic rings. The third kappa shape index (κ3) is 3.60. The second kappa shape index (κ2) is 6.07. The van der Waals surface area contributed by atoms with E-state index in [-0.39, 0.29) is 5.82 Å². The molecule has 0 spiro atoms. The molecule has 0 aromatic heterocycles. The van der Waals surface area contributed by atoms with Crippen LogP contribution in [0, 0.1) is 23.0 Å². The van der Waals surface area contributed by atoms with E-state index >= 15 is 0 Å². The molecule has 0 saturated heterocycles. The highest BCUT2D eigenvalue weighted by atomic mass is 19.1. The van der Waals surface area contributed by atoms with Crippen LogP contribution in [0.3, 0.4) is 0 Å². The molecule has 0 unspecified atom stereocenters. The summed E-state index contributed by atoms with van der Waals surface area (Å²) >= 11 is 0. The average Bonchev–Trinajstić information content (AvgIpc) is 2.42. The number of halogens is 2. The van der Waals surface area contributed by atoms with Crippen LogP contribution < -0.4 is 5.32 Å². The summed E-state index contributed by atoms with van der Waals surface area (Å²) in [5.41, 5.74) is 1.73. The van der Waals surface area contributed by atoms with E-state index < -0.39 is 5.82 Å². The lowest BCUT2D eigenvalue weighted by Crippen LogP contribution is -2.13. The summed E-state index contributed by atoms with van der Waals surface area (Å²) in [6, 6.07) is 12.4. The lowest BCUT2D eigenvalue weighted by atomic mass is 10.1. The molecule has 19 heavy (non-hydrogen) atoms. The Balaban J connectivity index is 1.92. The van der Waals surface area contributed by atoms with Crippen molar-refractivity contribution < 1.29 is 8.78 Å². The maximum atomic E-state index is 13.6. The number of benzene rings is 2. The fraction of sp³-hybridized carbons (Fsp3) is 0.133. The monoisotopic (exact) mass is 258 g/mol. The first kappa shape index (κ1) is 13.2. The molecule has 0 aliphatic rings.